The monoisotopic (exact) mass is 430 g/mol. The number of hydrogen-bond donors (Lipinski definition) is 1. The molecule has 1 atom stereocenters. The first kappa shape index (κ1) is 21.1. The molecule has 1 unspecified atom stereocenters. The van der Waals surface area contributed by atoms with Crippen LogP contribution in [-0.4, -0.2) is 40.9 Å². The summed E-state index contributed by atoms with van der Waals surface area (Å²) in [5.41, 5.74) is 1.98. The molecule has 1 N–H and O–H groups in total. The van der Waals surface area contributed by atoms with E-state index in [9.17, 15) is 14.7 Å². The van der Waals surface area contributed by atoms with E-state index in [2.05, 4.69) is 4.98 Å². The van der Waals surface area contributed by atoms with Crippen LogP contribution in [0.2, 0.25) is 0 Å². The maximum absolute atomic E-state index is 13.1. The number of rotatable bonds is 6. The van der Waals surface area contributed by atoms with E-state index >= 15 is 0 Å². The van der Waals surface area contributed by atoms with Crippen LogP contribution in [0.5, 0.6) is 11.5 Å². The SMILES string of the molecule is COc1ccc(CN2C(=O)C(=O)/C(=C(\O)c3ccc(OC)cc3)C2c2ccncc2)cc1. The standard InChI is InChI=1S/C25H22N2O5/c1-31-19-7-3-16(4-8-19)15-27-22(17-11-13-26-14-12-17)21(24(29)25(27)30)23(28)18-5-9-20(32-2)10-6-18/h3-14,22,28H,15H2,1-2H3/b23-21-. The molecule has 2 heterocycles. The predicted molar refractivity (Wildman–Crippen MR) is 118 cm³/mol. The van der Waals surface area contributed by atoms with E-state index in [0.29, 0.717) is 22.6 Å². The van der Waals surface area contributed by atoms with Crippen LogP contribution in [0.1, 0.15) is 22.7 Å². The average Bonchev–Trinajstić information content (AvgIpc) is 3.09. The van der Waals surface area contributed by atoms with Crippen molar-refractivity contribution in [2.75, 3.05) is 14.2 Å². The summed E-state index contributed by atoms with van der Waals surface area (Å²) >= 11 is 0. The molecule has 2 aromatic carbocycles. The van der Waals surface area contributed by atoms with Crippen molar-refractivity contribution in [2.45, 2.75) is 12.6 Å². The van der Waals surface area contributed by atoms with Crippen molar-refractivity contribution >= 4 is 17.4 Å². The van der Waals surface area contributed by atoms with Crippen LogP contribution in [-0.2, 0) is 16.1 Å². The van der Waals surface area contributed by atoms with Gasteiger partial charge in [-0.3, -0.25) is 14.6 Å². The van der Waals surface area contributed by atoms with Crippen molar-refractivity contribution in [1.82, 2.24) is 9.88 Å². The molecule has 32 heavy (non-hydrogen) atoms. The fourth-order valence-electron chi connectivity index (χ4n) is 3.77. The number of carbonyl (C=O) groups is 2. The molecular weight excluding hydrogens is 408 g/mol. The van der Waals surface area contributed by atoms with Crippen LogP contribution in [0, 0.1) is 0 Å². The van der Waals surface area contributed by atoms with Crippen LogP contribution in [0.3, 0.4) is 0 Å². The van der Waals surface area contributed by atoms with Gasteiger partial charge in [-0.2, -0.15) is 0 Å². The summed E-state index contributed by atoms with van der Waals surface area (Å²) in [7, 11) is 3.12. The third-order valence-electron chi connectivity index (χ3n) is 5.44. The van der Waals surface area contributed by atoms with Crippen LogP contribution in [0.15, 0.2) is 78.6 Å². The molecule has 0 saturated carbocycles. The number of aliphatic hydroxyl groups is 1. The van der Waals surface area contributed by atoms with E-state index in [1.165, 1.54) is 4.90 Å². The van der Waals surface area contributed by atoms with Crippen molar-refractivity contribution in [1.29, 1.82) is 0 Å². The van der Waals surface area contributed by atoms with Gasteiger partial charge in [-0.15, -0.1) is 0 Å². The summed E-state index contributed by atoms with van der Waals surface area (Å²) in [6.07, 6.45) is 3.19. The third kappa shape index (κ3) is 3.92. The number of carbonyl (C=O) groups excluding carboxylic acids is 2. The molecule has 4 rings (SSSR count). The Morgan fingerprint density at radius 2 is 1.47 bits per heavy atom. The van der Waals surface area contributed by atoms with Gasteiger partial charge in [0.1, 0.15) is 17.3 Å². The Morgan fingerprint density at radius 3 is 2.03 bits per heavy atom. The number of Topliss-reactive ketones (excluding diaryl/α,β-unsaturated/α-hetero) is 1. The van der Waals surface area contributed by atoms with Crippen molar-refractivity contribution in [3.8, 4) is 11.5 Å². The molecule has 1 aromatic heterocycles. The molecule has 1 saturated heterocycles. The quantitative estimate of drug-likeness (QED) is 0.364. The van der Waals surface area contributed by atoms with Gasteiger partial charge in [-0.05, 0) is 59.7 Å². The van der Waals surface area contributed by atoms with Gasteiger partial charge >= 0.3 is 0 Å². The first-order valence-electron chi connectivity index (χ1n) is 9.99. The number of aliphatic hydroxyl groups excluding tert-OH is 1. The Bertz CT molecular complexity index is 1160. The third-order valence-corrected chi connectivity index (χ3v) is 5.44. The number of aromatic nitrogens is 1. The molecule has 0 radical (unpaired) electrons. The van der Waals surface area contributed by atoms with Gasteiger partial charge in [0, 0.05) is 24.5 Å². The van der Waals surface area contributed by atoms with Crippen LogP contribution >= 0.6 is 0 Å². The predicted octanol–water partition coefficient (Wildman–Crippen LogP) is 3.72. The largest absolute Gasteiger partial charge is 0.507 e. The number of benzene rings is 2. The summed E-state index contributed by atoms with van der Waals surface area (Å²) in [5.74, 6) is -0.315. The van der Waals surface area contributed by atoms with E-state index in [4.69, 9.17) is 9.47 Å². The van der Waals surface area contributed by atoms with Crippen molar-refractivity contribution in [3.05, 3.63) is 95.3 Å². The highest BCUT2D eigenvalue weighted by atomic mass is 16.5. The first-order chi connectivity index (χ1) is 15.5. The van der Waals surface area contributed by atoms with Gasteiger partial charge < -0.3 is 19.5 Å². The number of ether oxygens (including phenoxy) is 2. The molecule has 3 aromatic rings. The lowest BCUT2D eigenvalue weighted by Crippen LogP contribution is -2.29. The highest BCUT2D eigenvalue weighted by molar-refractivity contribution is 6.46. The lowest BCUT2D eigenvalue weighted by Gasteiger charge is -2.25. The molecule has 7 heteroatoms. The van der Waals surface area contributed by atoms with Crippen molar-refractivity contribution < 1.29 is 24.2 Å². The molecule has 1 aliphatic heterocycles. The summed E-state index contributed by atoms with van der Waals surface area (Å²) < 4.78 is 10.4. The summed E-state index contributed by atoms with van der Waals surface area (Å²) in [4.78, 5) is 31.6. The molecule has 1 aliphatic rings. The lowest BCUT2D eigenvalue weighted by atomic mass is 9.96. The zero-order valence-corrected chi connectivity index (χ0v) is 17.7. The lowest BCUT2D eigenvalue weighted by molar-refractivity contribution is -0.140. The summed E-state index contributed by atoms with van der Waals surface area (Å²) in [6.45, 7) is 0.195. The zero-order chi connectivity index (χ0) is 22.7. The number of likely N-dealkylation sites (tertiary alicyclic amines) is 1. The number of hydrogen-bond acceptors (Lipinski definition) is 6. The molecule has 0 bridgehead atoms. The Balaban J connectivity index is 1.79. The molecule has 1 fully saturated rings. The number of methoxy groups -OCH3 is 2. The number of amides is 1. The maximum atomic E-state index is 13.1. The molecule has 1 amide bonds. The zero-order valence-electron chi connectivity index (χ0n) is 17.7. The fourth-order valence-corrected chi connectivity index (χ4v) is 3.77. The number of nitrogens with zero attached hydrogens (tertiary/aromatic N) is 2. The van der Waals surface area contributed by atoms with Gasteiger partial charge in [0.25, 0.3) is 11.7 Å². The fraction of sp³-hybridized carbons (Fsp3) is 0.160. The van der Waals surface area contributed by atoms with Crippen molar-refractivity contribution in [3.63, 3.8) is 0 Å². The number of ketones is 1. The first-order valence-corrected chi connectivity index (χ1v) is 9.99. The van der Waals surface area contributed by atoms with Gasteiger partial charge in [-0.25, -0.2) is 0 Å². The van der Waals surface area contributed by atoms with Gasteiger partial charge in [0.15, 0.2) is 0 Å². The van der Waals surface area contributed by atoms with Crippen LogP contribution < -0.4 is 9.47 Å². The Kier molecular flexibility index (Phi) is 5.89. The van der Waals surface area contributed by atoms with E-state index in [0.717, 1.165) is 5.56 Å². The Labute approximate surface area is 185 Å². The smallest absolute Gasteiger partial charge is 0.295 e. The second-order valence-electron chi connectivity index (χ2n) is 7.28. The van der Waals surface area contributed by atoms with E-state index in [1.54, 1.807) is 75.1 Å². The highest BCUT2D eigenvalue weighted by Gasteiger charge is 2.46. The molecule has 0 spiro atoms. The second kappa shape index (κ2) is 8.93. The van der Waals surface area contributed by atoms with Crippen molar-refractivity contribution in [2.24, 2.45) is 0 Å². The van der Waals surface area contributed by atoms with Gasteiger partial charge in [-0.1, -0.05) is 12.1 Å². The van der Waals surface area contributed by atoms with E-state index in [1.807, 2.05) is 12.1 Å². The van der Waals surface area contributed by atoms with Crippen LogP contribution in [0.25, 0.3) is 5.76 Å². The van der Waals surface area contributed by atoms with Crippen LogP contribution in [0.4, 0.5) is 0 Å². The van der Waals surface area contributed by atoms with E-state index in [-0.39, 0.29) is 17.9 Å². The molecule has 7 nitrogen and oxygen atoms in total. The second-order valence-corrected chi connectivity index (χ2v) is 7.28. The molecule has 0 aliphatic carbocycles. The average molecular weight is 430 g/mol. The molecular formula is C25H22N2O5. The summed E-state index contributed by atoms with van der Waals surface area (Å²) in [5, 5.41) is 11.1. The summed E-state index contributed by atoms with van der Waals surface area (Å²) in [6, 6.07) is 16.7. The van der Waals surface area contributed by atoms with Gasteiger partial charge in [0.2, 0.25) is 0 Å². The Morgan fingerprint density at radius 1 is 0.906 bits per heavy atom. The highest BCUT2D eigenvalue weighted by Crippen LogP contribution is 2.40. The normalized spacial score (nSPS) is 17.4. The molecule has 162 valence electrons. The number of pyridine rings is 1. The Hall–Kier alpha value is -4.13. The minimum Gasteiger partial charge on any atom is -0.507 e. The van der Waals surface area contributed by atoms with Gasteiger partial charge in [0.05, 0.1) is 25.8 Å². The minimum atomic E-state index is -0.748. The topological polar surface area (TPSA) is 89.0 Å². The van der Waals surface area contributed by atoms with E-state index < -0.39 is 17.7 Å². The minimum absolute atomic E-state index is 0.0416. The maximum Gasteiger partial charge on any atom is 0.295 e.